The Balaban J connectivity index is 2.91. The van der Waals surface area contributed by atoms with Crippen LogP contribution in [0.5, 0.6) is 0 Å². The summed E-state index contributed by atoms with van der Waals surface area (Å²) in [6.45, 7) is 12.1. The number of hydrogen-bond donors (Lipinski definition) is 2. The van der Waals surface area contributed by atoms with Gasteiger partial charge in [-0.2, -0.15) is 4.72 Å². The standard InChI is InChI=1S/C13H25NO4SSi/c1-12(2,3)20(5,6)10-13(4,15)14-19(16,17)11-8-7-9-18-11/h7-9,14-15H,10H2,1-6H3. The predicted octanol–water partition coefficient (Wildman–Crippen LogP) is 2.77. The highest BCUT2D eigenvalue weighted by Crippen LogP contribution is 2.41. The van der Waals surface area contributed by atoms with Gasteiger partial charge in [0, 0.05) is 0 Å². The first-order valence-electron chi connectivity index (χ1n) is 6.57. The van der Waals surface area contributed by atoms with E-state index < -0.39 is 23.8 Å². The Morgan fingerprint density at radius 3 is 2.25 bits per heavy atom. The topological polar surface area (TPSA) is 79.5 Å². The van der Waals surface area contributed by atoms with Crippen LogP contribution in [0.1, 0.15) is 27.7 Å². The summed E-state index contributed by atoms with van der Waals surface area (Å²) in [6.07, 6.45) is 1.29. The molecule has 0 aromatic carbocycles. The SMILES string of the molecule is CC(O)(C[Si](C)(C)C(C)(C)C)NS(=O)(=O)c1ccco1. The molecule has 5 nitrogen and oxygen atoms in total. The van der Waals surface area contributed by atoms with Crippen molar-refractivity contribution in [3.63, 3.8) is 0 Å². The van der Waals surface area contributed by atoms with Crippen molar-refractivity contribution in [2.45, 2.75) is 62.7 Å². The van der Waals surface area contributed by atoms with Gasteiger partial charge in [-0.15, -0.1) is 0 Å². The summed E-state index contributed by atoms with van der Waals surface area (Å²) in [4.78, 5) is 0. The zero-order chi connectivity index (χ0) is 15.8. The average Bonchev–Trinajstić information content (AvgIpc) is 2.63. The molecule has 116 valence electrons. The Bertz CT molecular complexity index is 541. The number of nitrogens with one attached hydrogen (secondary N) is 1. The number of hydrogen-bond acceptors (Lipinski definition) is 4. The largest absolute Gasteiger partial charge is 0.452 e. The van der Waals surface area contributed by atoms with Crippen molar-refractivity contribution < 1.29 is 17.9 Å². The fraction of sp³-hybridized carbons (Fsp3) is 0.692. The maximum Gasteiger partial charge on any atom is 0.276 e. The zero-order valence-electron chi connectivity index (χ0n) is 13.0. The first kappa shape index (κ1) is 17.4. The van der Waals surface area contributed by atoms with Crippen molar-refractivity contribution in [2.75, 3.05) is 0 Å². The summed E-state index contributed by atoms with van der Waals surface area (Å²) in [5.41, 5.74) is -1.49. The van der Waals surface area contributed by atoms with Crippen LogP contribution in [0.3, 0.4) is 0 Å². The van der Waals surface area contributed by atoms with Crippen LogP contribution >= 0.6 is 0 Å². The van der Waals surface area contributed by atoms with Gasteiger partial charge in [0.05, 0.1) is 14.3 Å². The van der Waals surface area contributed by atoms with Gasteiger partial charge in [-0.25, -0.2) is 8.42 Å². The minimum atomic E-state index is -3.84. The van der Waals surface area contributed by atoms with Crippen molar-refractivity contribution in [1.29, 1.82) is 0 Å². The van der Waals surface area contributed by atoms with E-state index in [-0.39, 0.29) is 10.1 Å². The number of rotatable bonds is 5. The minimum Gasteiger partial charge on any atom is -0.452 e. The van der Waals surface area contributed by atoms with Crippen LogP contribution in [0, 0.1) is 0 Å². The van der Waals surface area contributed by atoms with Gasteiger partial charge < -0.3 is 9.52 Å². The Morgan fingerprint density at radius 1 is 1.30 bits per heavy atom. The average molecular weight is 319 g/mol. The van der Waals surface area contributed by atoms with Gasteiger partial charge in [0.25, 0.3) is 10.0 Å². The van der Waals surface area contributed by atoms with Crippen LogP contribution in [0.2, 0.25) is 24.2 Å². The monoisotopic (exact) mass is 319 g/mol. The molecule has 0 fully saturated rings. The van der Waals surface area contributed by atoms with Crippen LogP contribution in [0.15, 0.2) is 27.9 Å². The van der Waals surface area contributed by atoms with Crippen molar-refractivity contribution in [3.05, 3.63) is 18.4 Å². The molecular weight excluding hydrogens is 294 g/mol. The van der Waals surface area contributed by atoms with Gasteiger partial charge in [-0.05, 0) is 30.1 Å². The molecule has 0 saturated carbocycles. The molecular formula is C13H25NO4SSi. The molecule has 1 aromatic heterocycles. The Morgan fingerprint density at radius 2 is 1.85 bits per heavy atom. The molecule has 0 amide bonds. The Kier molecular flexibility index (Phi) is 4.61. The Hall–Kier alpha value is -0.633. The molecule has 0 bridgehead atoms. The van der Waals surface area contributed by atoms with Gasteiger partial charge in [-0.3, -0.25) is 0 Å². The summed E-state index contributed by atoms with van der Waals surface area (Å²) >= 11 is 0. The van der Waals surface area contributed by atoms with Crippen LogP contribution in [0.4, 0.5) is 0 Å². The molecule has 20 heavy (non-hydrogen) atoms. The third kappa shape index (κ3) is 4.18. The lowest BCUT2D eigenvalue weighted by Gasteiger charge is -2.41. The first-order chi connectivity index (χ1) is 8.77. The molecule has 0 spiro atoms. The van der Waals surface area contributed by atoms with Crippen LogP contribution < -0.4 is 4.72 Å². The quantitative estimate of drug-likeness (QED) is 0.646. The molecule has 0 saturated heterocycles. The molecule has 1 atom stereocenters. The lowest BCUT2D eigenvalue weighted by atomic mass is 10.2. The third-order valence-corrected chi connectivity index (χ3v) is 11.0. The van der Waals surface area contributed by atoms with E-state index in [1.54, 1.807) is 0 Å². The van der Waals surface area contributed by atoms with Crippen molar-refractivity contribution in [2.24, 2.45) is 0 Å². The second-order valence-corrected chi connectivity index (χ2v) is 14.4. The third-order valence-electron chi connectivity index (χ3n) is 3.93. The fourth-order valence-corrected chi connectivity index (χ4v) is 5.58. The highest BCUT2D eigenvalue weighted by molar-refractivity contribution is 7.89. The summed E-state index contributed by atoms with van der Waals surface area (Å²) in [5.74, 6) is 0. The van der Waals surface area contributed by atoms with Crippen LogP contribution in [-0.2, 0) is 10.0 Å². The molecule has 1 rings (SSSR count). The number of furan rings is 1. The van der Waals surface area contributed by atoms with Crippen LogP contribution in [0.25, 0.3) is 0 Å². The van der Waals surface area contributed by atoms with Crippen molar-refractivity contribution in [1.82, 2.24) is 4.72 Å². The summed E-state index contributed by atoms with van der Waals surface area (Å²) in [6, 6.07) is 3.27. The van der Waals surface area contributed by atoms with E-state index in [4.69, 9.17) is 4.42 Å². The lowest BCUT2D eigenvalue weighted by Crippen LogP contribution is -2.53. The molecule has 7 heteroatoms. The smallest absolute Gasteiger partial charge is 0.276 e. The molecule has 0 aliphatic carbocycles. The van der Waals surface area contributed by atoms with E-state index >= 15 is 0 Å². The predicted molar refractivity (Wildman–Crippen MR) is 81.7 cm³/mol. The molecule has 1 unspecified atom stereocenters. The summed E-state index contributed by atoms with van der Waals surface area (Å²) < 4.78 is 31.4. The Labute approximate surface area is 122 Å². The summed E-state index contributed by atoms with van der Waals surface area (Å²) in [5, 5.41) is 10.3. The highest BCUT2D eigenvalue weighted by Gasteiger charge is 2.42. The maximum absolute atomic E-state index is 12.1. The van der Waals surface area contributed by atoms with E-state index in [1.807, 2.05) is 0 Å². The molecule has 0 aliphatic heterocycles. The zero-order valence-corrected chi connectivity index (χ0v) is 14.8. The summed E-state index contributed by atoms with van der Waals surface area (Å²) in [7, 11) is -5.67. The second-order valence-electron chi connectivity index (χ2n) is 7.12. The van der Waals surface area contributed by atoms with Gasteiger partial charge in [0.1, 0.15) is 5.72 Å². The maximum atomic E-state index is 12.1. The van der Waals surface area contributed by atoms with Gasteiger partial charge >= 0.3 is 0 Å². The molecule has 1 aromatic rings. The molecule has 1 heterocycles. The second kappa shape index (κ2) is 5.29. The van der Waals surface area contributed by atoms with Crippen molar-refractivity contribution >= 4 is 18.1 Å². The van der Waals surface area contributed by atoms with Gasteiger partial charge in [0.2, 0.25) is 5.09 Å². The van der Waals surface area contributed by atoms with E-state index in [1.165, 1.54) is 25.3 Å². The first-order valence-corrected chi connectivity index (χ1v) is 11.3. The highest BCUT2D eigenvalue weighted by atomic mass is 32.2. The minimum absolute atomic E-state index is 0.0626. The molecule has 0 aliphatic rings. The number of aliphatic hydroxyl groups is 1. The van der Waals surface area contributed by atoms with Gasteiger partial charge in [0.15, 0.2) is 0 Å². The van der Waals surface area contributed by atoms with E-state index in [0.29, 0.717) is 6.04 Å². The van der Waals surface area contributed by atoms with E-state index in [2.05, 4.69) is 38.6 Å². The van der Waals surface area contributed by atoms with E-state index in [9.17, 15) is 13.5 Å². The van der Waals surface area contributed by atoms with Gasteiger partial charge in [-0.1, -0.05) is 33.9 Å². The molecule has 2 N–H and O–H groups in total. The van der Waals surface area contributed by atoms with Crippen molar-refractivity contribution in [3.8, 4) is 0 Å². The lowest BCUT2D eigenvalue weighted by molar-refractivity contribution is 0.0660. The normalized spacial score (nSPS) is 16.9. The molecule has 0 radical (unpaired) electrons. The fourth-order valence-electron chi connectivity index (χ4n) is 1.92. The van der Waals surface area contributed by atoms with E-state index in [0.717, 1.165) is 0 Å². The van der Waals surface area contributed by atoms with Crippen LogP contribution in [-0.4, -0.2) is 27.3 Å². The number of sulfonamides is 1.